The number of carbonyl (C=O) groups excluding carboxylic acids is 1. The first-order valence-electron chi connectivity index (χ1n) is 10.4. The first-order valence-corrected chi connectivity index (χ1v) is 10.4. The highest BCUT2D eigenvalue weighted by Gasteiger charge is 2.48. The number of amides is 1. The molecule has 4 nitrogen and oxygen atoms in total. The van der Waals surface area contributed by atoms with Crippen molar-refractivity contribution in [2.45, 2.75) is 64.0 Å². The quantitative estimate of drug-likeness (QED) is 0.748. The smallest absolute Gasteiger partial charge is 0.248 e. The number of morpholine rings is 1. The standard InChI is InChI=1S/C22H34N2O2/c1-3-5-14-24-20(4-2)22(26-18-21(24)25)12-16-23(17-13-22)15-11-19-9-7-6-8-10-19/h6-10,20H,3-5,11-18H2,1-2H3. The molecule has 2 aliphatic heterocycles. The minimum atomic E-state index is -0.125. The third-order valence-electron chi connectivity index (χ3n) is 6.19. The maximum absolute atomic E-state index is 12.4. The van der Waals surface area contributed by atoms with Gasteiger partial charge in [-0.2, -0.15) is 0 Å². The van der Waals surface area contributed by atoms with E-state index in [4.69, 9.17) is 4.74 Å². The highest BCUT2D eigenvalue weighted by molar-refractivity contribution is 5.78. The topological polar surface area (TPSA) is 32.8 Å². The molecule has 1 atom stereocenters. The van der Waals surface area contributed by atoms with E-state index in [9.17, 15) is 4.79 Å². The van der Waals surface area contributed by atoms with E-state index in [0.29, 0.717) is 0 Å². The second-order valence-electron chi connectivity index (χ2n) is 7.80. The molecule has 1 unspecified atom stereocenters. The number of unbranched alkanes of at least 4 members (excludes halogenated alkanes) is 1. The summed E-state index contributed by atoms with van der Waals surface area (Å²) in [5.41, 5.74) is 1.28. The highest BCUT2D eigenvalue weighted by atomic mass is 16.5. The molecule has 2 fully saturated rings. The van der Waals surface area contributed by atoms with Crippen molar-refractivity contribution in [3.8, 4) is 0 Å². The number of rotatable bonds is 7. The van der Waals surface area contributed by atoms with Crippen LogP contribution in [0.2, 0.25) is 0 Å². The molecule has 1 aromatic carbocycles. The number of hydrogen-bond donors (Lipinski definition) is 0. The van der Waals surface area contributed by atoms with Crippen molar-refractivity contribution in [1.29, 1.82) is 0 Å². The second-order valence-corrected chi connectivity index (χ2v) is 7.80. The molecule has 0 aliphatic carbocycles. The first-order chi connectivity index (χ1) is 12.7. The summed E-state index contributed by atoms with van der Waals surface area (Å²) in [4.78, 5) is 17.1. The largest absolute Gasteiger partial charge is 0.363 e. The lowest BCUT2D eigenvalue weighted by Gasteiger charge is -2.52. The van der Waals surface area contributed by atoms with Gasteiger partial charge in [-0.05, 0) is 37.7 Å². The zero-order valence-electron chi connectivity index (χ0n) is 16.5. The normalized spacial score (nSPS) is 23.5. The predicted octanol–water partition coefficient (Wildman–Crippen LogP) is 3.50. The third kappa shape index (κ3) is 4.29. The van der Waals surface area contributed by atoms with Gasteiger partial charge in [-0.3, -0.25) is 4.79 Å². The van der Waals surface area contributed by atoms with E-state index in [-0.39, 0.29) is 24.2 Å². The minimum Gasteiger partial charge on any atom is -0.363 e. The predicted molar refractivity (Wildman–Crippen MR) is 105 cm³/mol. The van der Waals surface area contributed by atoms with Gasteiger partial charge in [0, 0.05) is 26.2 Å². The molecular formula is C22H34N2O2. The number of nitrogens with zero attached hydrogens (tertiary/aromatic N) is 2. The van der Waals surface area contributed by atoms with Gasteiger partial charge in [-0.15, -0.1) is 0 Å². The molecule has 2 saturated heterocycles. The van der Waals surface area contributed by atoms with Crippen LogP contribution in [0.4, 0.5) is 0 Å². The van der Waals surface area contributed by atoms with Crippen LogP contribution in [-0.4, -0.2) is 60.1 Å². The monoisotopic (exact) mass is 358 g/mol. The molecule has 0 bridgehead atoms. The Labute approximate surface area is 158 Å². The van der Waals surface area contributed by atoms with Gasteiger partial charge < -0.3 is 14.5 Å². The van der Waals surface area contributed by atoms with Crippen LogP contribution >= 0.6 is 0 Å². The summed E-state index contributed by atoms with van der Waals surface area (Å²) in [6.07, 6.45) is 6.38. The van der Waals surface area contributed by atoms with Crippen LogP contribution in [-0.2, 0) is 16.0 Å². The molecule has 1 spiro atoms. The van der Waals surface area contributed by atoms with Gasteiger partial charge in [-0.1, -0.05) is 50.6 Å². The lowest BCUT2D eigenvalue weighted by molar-refractivity contribution is -0.189. The van der Waals surface area contributed by atoms with E-state index in [1.54, 1.807) is 0 Å². The van der Waals surface area contributed by atoms with E-state index >= 15 is 0 Å². The number of piperidine rings is 1. The van der Waals surface area contributed by atoms with Gasteiger partial charge >= 0.3 is 0 Å². The zero-order chi connectivity index (χ0) is 18.4. The number of likely N-dealkylation sites (tertiary alicyclic amines) is 1. The van der Waals surface area contributed by atoms with Gasteiger partial charge in [-0.25, -0.2) is 0 Å². The second kappa shape index (κ2) is 9.01. The Hall–Kier alpha value is -1.39. The molecule has 0 saturated carbocycles. The molecule has 3 rings (SSSR count). The molecule has 1 aromatic rings. The Morgan fingerprint density at radius 2 is 1.85 bits per heavy atom. The van der Waals surface area contributed by atoms with E-state index in [1.165, 1.54) is 5.56 Å². The Balaban J connectivity index is 1.58. The average Bonchev–Trinajstić information content (AvgIpc) is 2.69. The lowest BCUT2D eigenvalue weighted by Crippen LogP contribution is -2.65. The van der Waals surface area contributed by atoms with Crippen LogP contribution < -0.4 is 0 Å². The van der Waals surface area contributed by atoms with Crippen molar-refractivity contribution in [3.05, 3.63) is 35.9 Å². The van der Waals surface area contributed by atoms with Crippen LogP contribution in [0.15, 0.2) is 30.3 Å². The molecule has 144 valence electrons. The third-order valence-corrected chi connectivity index (χ3v) is 6.19. The molecule has 2 heterocycles. The number of carbonyl (C=O) groups is 1. The van der Waals surface area contributed by atoms with Crippen LogP contribution in [0, 0.1) is 0 Å². The molecule has 1 amide bonds. The first kappa shape index (κ1) is 19.4. The summed E-state index contributed by atoms with van der Waals surface area (Å²) in [5.74, 6) is 0.183. The fraction of sp³-hybridized carbons (Fsp3) is 0.682. The van der Waals surface area contributed by atoms with Gasteiger partial charge in [0.2, 0.25) is 5.91 Å². The van der Waals surface area contributed by atoms with E-state index in [2.05, 4.69) is 54.0 Å². The summed E-state index contributed by atoms with van der Waals surface area (Å²) < 4.78 is 6.23. The molecule has 26 heavy (non-hydrogen) atoms. The Morgan fingerprint density at radius 1 is 1.12 bits per heavy atom. The van der Waals surface area contributed by atoms with Crippen molar-refractivity contribution >= 4 is 5.91 Å². The van der Waals surface area contributed by atoms with E-state index in [1.807, 2.05) is 0 Å². The van der Waals surface area contributed by atoms with Crippen LogP contribution in [0.1, 0.15) is 51.5 Å². The number of hydrogen-bond acceptors (Lipinski definition) is 3. The van der Waals surface area contributed by atoms with Crippen LogP contribution in [0.25, 0.3) is 0 Å². The SMILES string of the molecule is CCCCN1C(=O)COC2(CCN(CCc3ccccc3)CC2)C1CC. The molecule has 2 aliphatic rings. The number of ether oxygens (including phenoxy) is 1. The summed E-state index contributed by atoms with van der Waals surface area (Å²) in [5, 5.41) is 0. The van der Waals surface area contributed by atoms with Gasteiger partial charge in [0.15, 0.2) is 0 Å². The molecular weight excluding hydrogens is 324 g/mol. The molecule has 0 radical (unpaired) electrons. The van der Waals surface area contributed by atoms with Crippen LogP contribution in [0.3, 0.4) is 0 Å². The summed E-state index contributed by atoms with van der Waals surface area (Å²) in [7, 11) is 0. The van der Waals surface area contributed by atoms with Crippen LogP contribution in [0.5, 0.6) is 0 Å². The lowest BCUT2D eigenvalue weighted by atomic mass is 9.80. The molecule has 0 aromatic heterocycles. The van der Waals surface area contributed by atoms with Crippen molar-refractivity contribution in [2.24, 2.45) is 0 Å². The van der Waals surface area contributed by atoms with Gasteiger partial charge in [0.05, 0.1) is 11.6 Å². The summed E-state index contributed by atoms with van der Waals surface area (Å²) in [6.45, 7) is 8.79. The van der Waals surface area contributed by atoms with Crippen molar-refractivity contribution in [1.82, 2.24) is 9.80 Å². The summed E-state index contributed by atoms with van der Waals surface area (Å²) in [6, 6.07) is 11.0. The van der Waals surface area contributed by atoms with Crippen molar-refractivity contribution < 1.29 is 9.53 Å². The fourth-order valence-electron chi connectivity index (χ4n) is 4.61. The van der Waals surface area contributed by atoms with Crippen molar-refractivity contribution in [2.75, 3.05) is 32.8 Å². The van der Waals surface area contributed by atoms with Crippen molar-refractivity contribution in [3.63, 3.8) is 0 Å². The van der Waals surface area contributed by atoms with E-state index < -0.39 is 0 Å². The maximum Gasteiger partial charge on any atom is 0.248 e. The number of benzene rings is 1. The average molecular weight is 359 g/mol. The molecule has 0 N–H and O–H groups in total. The summed E-state index contributed by atoms with van der Waals surface area (Å²) >= 11 is 0. The Morgan fingerprint density at radius 3 is 2.50 bits per heavy atom. The Bertz CT molecular complexity index is 567. The Kier molecular flexibility index (Phi) is 6.71. The zero-order valence-corrected chi connectivity index (χ0v) is 16.5. The van der Waals surface area contributed by atoms with E-state index in [0.717, 1.165) is 64.7 Å². The van der Waals surface area contributed by atoms with Gasteiger partial charge in [0.25, 0.3) is 0 Å². The highest BCUT2D eigenvalue weighted by Crippen LogP contribution is 2.37. The molecule has 4 heteroatoms. The minimum absolute atomic E-state index is 0.125. The van der Waals surface area contributed by atoms with Gasteiger partial charge in [0.1, 0.15) is 6.61 Å². The fourth-order valence-corrected chi connectivity index (χ4v) is 4.61. The maximum atomic E-state index is 12.4.